The van der Waals surface area contributed by atoms with Gasteiger partial charge >= 0.3 is 23.9 Å². The van der Waals surface area contributed by atoms with E-state index in [0.29, 0.717) is 13.2 Å². The average molecular weight is 613 g/mol. The predicted molar refractivity (Wildman–Crippen MR) is 128 cm³/mol. The third-order valence-corrected chi connectivity index (χ3v) is 4.50. The minimum absolute atomic E-state index is 0.0170. The Morgan fingerprint density at radius 2 is 0.732 bits per heavy atom. The van der Waals surface area contributed by atoms with Gasteiger partial charge in [0.25, 0.3) is 0 Å². The van der Waals surface area contributed by atoms with Gasteiger partial charge in [0, 0.05) is 0 Å². The van der Waals surface area contributed by atoms with Gasteiger partial charge < -0.3 is 81.0 Å². The Balaban J connectivity index is -0.000000529. The highest BCUT2D eigenvalue weighted by Crippen LogP contribution is 2.06. The smallest absolute Gasteiger partial charge is 0.335 e. The lowest BCUT2D eigenvalue weighted by molar-refractivity contribution is -0.172. The Morgan fingerprint density at radius 1 is 0.488 bits per heavy atom. The van der Waals surface area contributed by atoms with Crippen molar-refractivity contribution in [2.75, 3.05) is 19.8 Å². The van der Waals surface area contributed by atoms with E-state index in [0.717, 1.165) is 0 Å². The van der Waals surface area contributed by atoms with E-state index in [1.165, 1.54) is 0 Å². The van der Waals surface area contributed by atoms with Crippen LogP contribution in [-0.4, -0.2) is 182 Å². The molecule has 0 bridgehead atoms. The zero-order valence-electron chi connectivity index (χ0n) is 22.2. The molecule has 11 atom stereocenters. The maximum atomic E-state index is 10.1. The molecule has 0 amide bonds. The fraction of sp³-hybridized carbons (Fsp3) is 0.810. The number of carboxylic acids is 4. The van der Waals surface area contributed by atoms with Crippen molar-refractivity contribution in [2.24, 2.45) is 0 Å². The quantitative estimate of drug-likeness (QED) is 0.0725. The summed E-state index contributed by atoms with van der Waals surface area (Å²) in [6.45, 7) is 6.10. The fourth-order valence-electron chi connectivity index (χ4n) is 2.04. The zero-order valence-corrected chi connectivity index (χ0v) is 22.2. The first-order valence-corrected chi connectivity index (χ1v) is 11.5. The lowest BCUT2D eigenvalue weighted by Crippen LogP contribution is -2.49. The molecule has 3 unspecified atom stereocenters. The largest absolute Gasteiger partial charge is 0.479 e. The highest BCUT2D eigenvalue weighted by Gasteiger charge is 2.38. The molecule has 41 heavy (non-hydrogen) atoms. The van der Waals surface area contributed by atoms with E-state index in [2.05, 4.69) is 0 Å². The molecule has 20 heteroatoms. The van der Waals surface area contributed by atoms with E-state index in [-0.39, 0.29) is 18.8 Å². The monoisotopic (exact) mass is 612 g/mol. The number of hydrogen-bond acceptors (Lipinski definition) is 16. The third-order valence-electron chi connectivity index (χ3n) is 4.50. The topological polar surface area (TPSA) is 370 Å². The van der Waals surface area contributed by atoms with Gasteiger partial charge in [-0.15, -0.1) is 0 Å². The van der Waals surface area contributed by atoms with E-state index < -0.39 is 78.8 Å². The summed E-state index contributed by atoms with van der Waals surface area (Å²) in [7, 11) is 0. The second-order valence-corrected chi connectivity index (χ2v) is 8.41. The van der Waals surface area contributed by atoms with E-state index in [1.807, 2.05) is 6.92 Å². The molecular weight excluding hydrogens is 572 g/mol. The standard InChI is InChI=1S/C9H20O4.2C6H10O8/c1-7(11)5-12-9(3)6-13-8(2)4-10;2*7-1(3(9)5(11)12)2(8)4(10)6(13)14/h7-11H,4-6H2,1-3H3;2*1-4,7-10H,(H,11,12)(H,13,14)/t;2*1-,2+,3-,4-/m.00/s1. The highest BCUT2D eigenvalue weighted by atomic mass is 16.5. The summed E-state index contributed by atoms with van der Waals surface area (Å²) in [6, 6.07) is 0. The Bertz CT molecular complexity index is 665. The van der Waals surface area contributed by atoms with E-state index in [9.17, 15) is 19.2 Å². The number of aliphatic carboxylic acids is 4. The molecule has 14 N–H and O–H groups in total. The van der Waals surface area contributed by atoms with Crippen LogP contribution in [0.3, 0.4) is 0 Å². The fourth-order valence-corrected chi connectivity index (χ4v) is 2.04. The van der Waals surface area contributed by atoms with Crippen LogP contribution in [0.5, 0.6) is 0 Å². The van der Waals surface area contributed by atoms with Crippen LogP contribution >= 0.6 is 0 Å². The van der Waals surface area contributed by atoms with E-state index >= 15 is 0 Å². The molecule has 244 valence electrons. The van der Waals surface area contributed by atoms with E-state index in [1.54, 1.807) is 13.8 Å². The highest BCUT2D eigenvalue weighted by molar-refractivity contribution is 5.75. The van der Waals surface area contributed by atoms with Crippen LogP contribution < -0.4 is 0 Å². The van der Waals surface area contributed by atoms with Crippen molar-refractivity contribution in [1.82, 2.24) is 0 Å². The molecule has 0 rings (SSSR count). The summed E-state index contributed by atoms with van der Waals surface area (Å²) in [5, 5.41) is 120. The summed E-state index contributed by atoms with van der Waals surface area (Å²) in [5.74, 6) is -7.36. The van der Waals surface area contributed by atoms with Gasteiger partial charge in [-0.2, -0.15) is 0 Å². The van der Waals surface area contributed by atoms with Crippen molar-refractivity contribution in [3.8, 4) is 0 Å². The van der Waals surface area contributed by atoms with Gasteiger partial charge in [0.2, 0.25) is 0 Å². The average Bonchev–Trinajstić information content (AvgIpc) is 2.91. The Hall–Kier alpha value is -2.60. The molecule has 0 aromatic carbocycles. The molecule has 0 aromatic rings. The lowest BCUT2D eigenvalue weighted by atomic mass is 10.0. The van der Waals surface area contributed by atoms with Crippen molar-refractivity contribution in [3.05, 3.63) is 0 Å². The molecule has 0 heterocycles. The molecule has 0 saturated heterocycles. The Kier molecular flexibility index (Phi) is 23.1. The number of ether oxygens (including phenoxy) is 2. The van der Waals surface area contributed by atoms with Gasteiger partial charge in [0.15, 0.2) is 24.4 Å². The van der Waals surface area contributed by atoms with Crippen LogP contribution in [0, 0.1) is 0 Å². The van der Waals surface area contributed by atoms with Crippen molar-refractivity contribution in [3.63, 3.8) is 0 Å². The van der Waals surface area contributed by atoms with Crippen molar-refractivity contribution in [2.45, 2.75) is 87.9 Å². The molecule has 0 fully saturated rings. The first kappa shape index (κ1) is 42.9. The number of rotatable bonds is 17. The van der Waals surface area contributed by atoms with Crippen LogP contribution in [0.25, 0.3) is 0 Å². The van der Waals surface area contributed by atoms with Crippen molar-refractivity contribution in [1.29, 1.82) is 0 Å². The van der Waals surface area contributed by atoms with Gasteiger partial charge in [-0.3, -0.25) is 0 Å². The molecule has 0 aliphatic carbocycles. The molecule has 0 saturated carbocycles. The second kappa shape index (κ2) is 22.1. The predicted octanol–water partition coefficient (Wildman–Crippen LogP) is -6.63. The normalized spacial score (nSPS) is 19.0. The Labute approximate surface area is 232 Å². The van der Waals surface area contributed by atoms with Crippen molar-refractivity contribution >= 4 is 23.9 Å². The number of aliphatic hydroxyl groups excluding tert-OH is 10. The van der Waals surface area contributed by atoms with E-state index in [4.69, 9.17) is 81.0 Å². The van der Waals surface area contributed by atoms with Crippen LogP contribution in [0.2, 0.25) is 0 Å². The van der Waals surface area contributed by atoms with Gasteiger partial charge in [-0.05, 0) is 20.8 Å². The summed E-state index contributed by atoms with van der Waals surface area (Å²) < 4.78 is 10.5. The van der Waals surface area contributed by atoms with Gasteiger partial charge in [0.05, 0.1) is 38.1 Å². The summed E-state index contributed by atoms with van der Waals surface area (Å²) in [4.78, 5) is 40.3. The van der Waals surface area contributed by atoms with Crippen LogP contribution in [0.4, 0.5) is 0 Å². The molecular formula is C21H40O20. The number of hydrogen-bond donors (Lipinski definition) is 14. The SMILES string of the molecule is CC(O)COC(C)COC(C)CO.O=C(O)[C@@H](O)[C@H](O)[C@H](O)[C@H](O)C(=O)O.O=C(O)[C@@H](O)[C@H](O)[C@H](O)[C@H](O)C(=O)O. The van der Waals surface area contributed by atoms with Crippen LogP contribution in [-0.2, 0) is 28.7 Å². The minimum Gasteiger partial charge on any atom is -0.479 e. The maximum Gasteiger partial charge on any atom is 0.335 e. The molecule has 0 spiro atoms. The van der Waals surface area contributed by atoms with Crippen LogP contribution in [0.15, 0.2) is 0 Å². The Morgan fingerprint density at radius 3 is 0.927 bits per heavy atom. The second-order valence-electron chi connectivity index (χ2n) is 8.41. The van der Waals surface area contributed by atoms with Gasteiger partial charge in [0.1, 0.15) is 24.4 Å². The summed E-state index contributed by atoms with van der Waals surface area (Å²) in [6.07, 6.45) is -19.2. The molecule has 0 aliphatic rings. The first-order valence-electron chi connectivity index (χ1n) is 11.5. The van der Waals surface area contributed by atoms with Crippen molar-refractivity contribution < 1.29 is 100 Å². The van der Waals surface area contributed by atoms with Crippen LogP contribution in [0.1, 0.15) is 20.8 Å². The first-order chi connectivity index (χ1) is 18.6. The summed E-state index contributed by atoms with van der Waals surface area (Å²) >= 11 is 0. The van der Waals surface area contributed by atoms with Gasteiger partial charge in [-0.1, -0.05) is 0 Å². The third kappa shape index (κ3) is 19.2. The molecule has 0 radical (unpaired) electrons. The van der Waals surface area contributed by atoms with Gasteiger partial charge in [-0.25, -0.2) is 19.2 Å². The molecule has 0 aromatic heterocycles. The number of carbonyl (C=O) groups is 4. The lowest BCUT2D eigenvalue weighted by Gasteiger charge is -2.21. The molecule has 0 aliphatic heterocycles. The number of carboxylic acid groups (broad SMARTS) is 4. The molecule has 20 nitrogen and oxygen atoms in total. The zero-order chi connectivity index (χ0) is 33.2. The number of aliphatic hydroxyl groups is 10. The summed E-state index contributed by atoms with van der Waals surface area (Å²) in [5.41, 5.74) is 0. The minimum atomic E-state index is -2.36. The maximum absolute atomic E-state index is 10.1.